The van der Waals surface area contributed by atoms with E-state index in [1.807, 2.05) is 0 Å². The van der Waals surface area contributed by atoms with Crippen molar-refractivity contribution in [2.75, 3.05) is 0 Å². The second-order valence-corrected chi connectivity index (χ2v) is 10.5. The first-order chi connectivity index (χ1) is 12.9. The van der Waals surface area contributed by atoms with E-state index in [0.717, 1.165) is 6.07 Å². The van der Waals surface area contributed by atoms with Crippen molar-refractivity contribution in [2.24, 2.45) is 7.05 Å². The van der Waals surface area contributed by atoms with Crippen molar-refractivity contribution in [3.05, 3.63) is 30.0 Å². The smallest absolute Gasteiger partial charge is 0.444 e. The van der Waals surface area contributed by atoms with Crippen LogP contribution in [-0.4, -0.2) is 35.7 Å². The highest BCUT2D eigenvalue weighted by Crippen LogP contribution is 2.36. The van der Waals surface area contributed by atoms with Crippen molar-refractivity contribution >= 4 is 26.8 Å². The van der Waals surface area contributed by atoms with Gasteiger partial charge in [0.25, 0.3) is 9.84 Å². The SMILES string of the molecule is Cn1cc(CC(C)(C)NC(=O)OC(C)(C)C)c2cccc(S(=O)(=O)C(F)(F)F)c21. The van der Waals surface area contributed by atoms with Crippen LogP contribution in [0.3, 0.4) is 0 Å². The highest BCUT2D eigenvalue weighted by Gasteiger charge is 2.48. The fourth-order valence-electron chi connectivity index (χ4n) is 3.10. The number of amides is 1. The quantitative estimate of drug-likeness (QED) is 0.778. The number of fused-ring (bicyclic) bond motifs is 1. The van der Waals surface area contributed by atoms with Gasteiger partial charge in [-0.2, -0.15) is 13.2 Å². The lowest BCUT2D eigenvalue weighted by molar-refractivity contribution is -0.0435. The number of benzene rings is 1. The fourth-order valence-corrected chi connectivity index (χ4v) is 4.11. The lowest BCUT2D eigenvalue weighted by Crippen LogP contribution is -2.47. The van der Waals surface area contributed by atoms with Gasteiger partial charge in [-0.05, 0) is 52.7 Å². The predicted octanol–water partition coefficient (Wildman–Crippen LogP) is 4.32. The Morgan fingerprint density at radius 1 is 1.14 bits per heavy atom. The molecular weight excluding hydrogens is 409 g/mol. The molecule has 2 rings (SSSR count). The molecule has 1 aromatic heterocycles. The molecule has 2 aromatic rings. The summed E-state index contributed by atoms with van der Waals surface area (Å²) < 4.78 is 69.8. The van der Waals surface area contributed by atoms with Gasteiger partial charge < -0.3 is 14.6 Å². The molecule has 1 amide bonds. The Kier molecular flexibility index (Phi) is 5.75. The third-order valence-electron chi connectivity index (χ3n) is 4.11. The molecule has 0 bridgehead atoms. The Bertz CT molecular complexity index is 1030. The van der Waals surface area contributed by atoms with Gasteiger partial charge in [-0.1, -0.05) is 12.1 Å². The van der Waals surface area contributed by atoms with Crippen LogP contribution < -0.4 is 5.32 Å². The van der Waals surface area contributed by atoms with Crippen LogP contribution in [0.1, 0.15) is 40.2 Å². The second kappa shape index (κ2) is 7.23. The van der Waals surface area contributed by atoms with E-state index in [1.54, 1.807) is 46.9 Å². The molecule has 6 nitrogen and oxygen atoms in total. The van der Waals surface area contributed by atoms with Gasteiger partial charge in [0.15, 0.2) is 0 Å². The highest BCUT2D eigenvalue weighted by molar-refractivity contribution is 7.92. The Morgan fingerprint density at radius 2 is 1.72 bits per heavy atom. The molecule has 0 spiro atoms. The first kappa shape index (κ1) is 23.1. The van der Waals surface area contributed by atoms with Crippen molar-refractivity contribution < 1.29 is 31.1 Å². The predicted molar refractivity (Wildman–Crippen MR) is 103 cm³/mol. The minimum atomic E-state index is -5.51. The average molecular weight is 434 g/mol. The normalized spacial score (nSPS) is 13.6. The number of rotatable bonds is 4. The Balaban J connectivity index is 2.44. The number of alkyl halides is 3. The zero-order valence-corrected chi connectivity index (χ0v) is 18.0. The highest BCUT2D eigenvalue weighted by atomic mass is 32.2. The van der Waals surface area contributed by atoms with E-state index < -0.39 is 37.5 Å². The van der Waals surface area contributed by atoms with Crippen molar-refractivity contribution in [1.82, 2.24) is 9.88 Å². The maximum Gasteiger partial charge on any atom is 0.501 e. The molecule has 0 saturated carbocycles. The summed E-state index contributed by atoms with van der Waals surface area (Å²) in [6.45, 7) is 8.67. The summed E-state index contributed by atoms with van der Waals surface area (Å²) in [7, 11) is -4.02. The summed E-state index contributed by atoms with van der Waals surface area (Å²) in [6.07, 6.45) is 1.19. The molecule has 0 unspecified atom stereocenters. The van der Waals surface area contributed by atoms with Gasteiger partial charge in [-0.15, -0.1) is 0 Å². The molecule has 0 fully saturated rings. The third-order valence-corrected chi connectivity index (χ3v) is 5.63. The van der Waals surface area contributed by atoms with Crippen LogP contribution in [0.25, 0.3) is 10.9 Å². The molecule has 10 heteroatoms. The minimum Gasteiger partial charge on any atom is -0.444 e. The summed E-state index contributed by atoms with van der Waals surface area (Å²) in [5.41, 5.74) is -6.31. The summed E-state index contributed by atoms with van der Waals surface area (Å²) >= 11 is 0. The van der Waals surface area contributed by atoms with Crippen LogP contribution in [0, 0.1) is 0 Å². The topological polar surface area (TPSA) is 77.4 Å². The van der Waals surface area contributed by atoms with E-state index in [2.05, 4.69) is 5.32 Å². The Morgan fingerprint density at radius 3 is 2.24 bits per heavy atom. The fraction of sp³-hybridized carbons (Fsp3) is 0.526. The van der Waals surface area contributed by atoms with Crippen molar-refractivity contribution in [3.8, 4) is 0 Å². The van der Waals surface area contributed by atoms with E-state index in [4.69, 9.17) is 4.74 Å². The van der Waals surface area contributed by atoms with Crippen molar-refractivity contribution in [1.29, 1.82) is 0 Å². The molecule has 1 heterocycles. The third kappa shape index (κ3) is 5.04. The number of para-hydroxylation sites is 1. The summed E-state index contributed by atoms with van der Waals surface area (Å²) in [6, 6.07) is 3.78. The Hall–Kier alpha value is -2.23. The number of nitrogens with one attached hydrogen (secondary N) is 1. The molecule has 0 aliphatic carbocycles. The lowest BCUT2D eigenvalue weighted by atomic mass is 9.95. The van der Waals surface area contributed by atoms with E-state index in [-0.39, 0.29) is 11.9 Å². The number of aryl methyl sites for hydroxylation is 1. The maximum absolute atomic E-state index is 13.1. The van der Waals surface area contributed by atoms with E-state index in [1.165, 1.54) is 17.7 Å². The van der Waals surface area contributed by atoms with Gasteiger partial charge in [-0.25, -0.2) is 13.2 Å². The molecular formula is C19H25F3N2O4S. The van der Waals surface area contributed by atoms with E-state index in [9.17, 15) is 26.4 Å². The minimum absolute atomic E-state index is 0.0344. The number of carbonyl (C=O) groups is 1. The molecule has 0 atom stereocenters. The second-order valence-electron chi connectivity index (χ2n) is 8.55. The number of hydrogen-bond donors (Lipinski definition) is 1. The maximum atomic E-state index is 13.1. The standard InChI is InChI=1S/C19H25F3N2O4S/c1-17(2,3)28-16(25)23-18(4,5)10-12-11-24(6)15-13(12)8-7-9-14(15)29(26,27)19(20,21)22/h7-9,11H,10H2,1-6H3,(H,23,25). The zero-order chi connectivity index (χ0) is 22.4. The van der Waals surface area contributed by atoms with E-state index in [0.29, 0.717) is 10.9 Å². The molecule has 0 aliphatic heterocycles. The van der Waals surface area contributed by atoms with Crippen LogP contribution in [0.4, 0.5) is 18.0 Å². The monoisotopic (exact) mass is 434 g/mol. The number of carbonyl (C=O) groups excluding carboxylic acids is 1. The number of alkyl carbamates (subject to hydrolysis) is 1. The number of sulfone groups is 1. The summed E-state index contributed by atoms with van der Waals surface area (Å²) in [5.74, 6) is 0. The van der Waals surface area contributed by atoms with Gasteiger partial charge in [0.2, 0.25) is 0 Å². The molecule has 1 aromatic carbocycles. The van der Waals surface area contributed by atoms with Gasteiger partial charge >= 0.3 is 11.6 Å². The number of nitrogens with zero attached hydrogens (tertiary/aromatic N) is 1. The van der Waals surface area contributed by atoms with Crippen LogP contribution in [-0.2, 0) is 28.0 Å². The largest absolute Gasteiger partial charge is 0.501 e. The molecule has 0 aliphatic rings. The van der Waals surface area contributed by atoms with Crippen molar-refractivity contribution in [2.45, 2.75) is 62.6 Å². The number of aromatic nitrogens is 1. The van der Waals surface area contributed by atoms with Crippen LogP contribution >= 0.6 is 0 Å². The van der Waals surface area contributed by atoms with Crippen LogP contribution in [0.5, 0.6) is 0 Å². The lowest BCUT2D eigenvalue weighted by Gasteiger charge is -2.28. The molecule has 1 N–H and O–H groups in total. The van der Waals surface area contributed by atoms with E-state index >= 15 is 0 Å². The summed E-state index contributed by atoms with van der Waals surface area (Å²) in [5, 5.41) is 3.11. The van der Waals surface area contributed by atoms with Crippen LogP contribution in [0.15, 0.2) is 29.3 Å². The number of hydrogen-bond acceptors (Lipinski definition) is 4. The Labute approximate surface area is 167 Å². The zero-order valence-electron chi connectivity index (χ0n) is 17.1. The summed E-state index contributed by atoms with van der Waals surface area (Å²) in [4.78, 5) is 11.3. The molecule has 0 saturated heterocycles. The molecule has 162 valence electrons. The van der Waals surface area contributed by atoms with Crippen molar-refractivity contribution in [3.63, 3.8) is 0 Å². The average Bonchev–Trinajstić information content (AvgIpc) is 2.79. The number of halogens is 3. The molecule has 29 heavy (non-hydrogen) atoms. The molecule has 0 radical (unpaired) electrons. The van der Waals surface area contributed by atoms with Gasteiger partial charge in [-0.3, -0.25) is 0 Å². The van der Waals surface area contributed by atoms with Gasteiger partial charge in [0.1, 0.15) is 10.5 Å². The number of ether oxygens (including phenoxy) is 1. The van der Waals surface area contributed by atoms with Gasteiger partial charge in [0, 0.05) is 24.2 Å². The van der Waals surface area contributed by atoms with Crippen LogP contribution in [0.2, 0.25) is 0 Å². The van der Waals surface area contributed by atoms with Gasteiger partial charge in [0.05, 0.1) is 5.52 Å². The first-order valence-corrected chi connectivity index (χ1v) is 10.3. The first-order valence-electron chi connectivity index (χ1n) is 8.84.